The molecule has 2 atom stereocenters. The van der Waals surface area contributed by atoms with Gasteiger partial charge in [0.25, 0.3) is 0 Å². The molecule has 1 aromatic carbocycles. The first-order valence-electron chi connectivity index (χ1n) is 8.47. The summed E-state index contributed by atoms with van der Waals surface area (Å²) in [7, 11) is 0. The third-order valence-corrected chi connectivity index (χ3v) is 4.43. The Morgan fingerprint density at radius 1 is 1.29 bits per heavy atom. The second kappa shape index (κ2) is 8.40. The van der Waals surface area contributed by atoms with Crippen molar-refractivity contribution in [1.29, 1.82) is 0 Å². The summed E-state index contributed by atoms with van der Waals surface area (Å²) >= 11 is 0. The maximum absolute atomic E-state index is 6.10. The summed E-state index contributed by atoms with van der Waals surface area (Å²) in [5.41, 5.74) is 7.46. The molecule has 21 heavy (non-hydrogen) atoms. The molecule has 2 N–H and O–H groups in total. The van der Waals surface area contributed by atoms with Crippen LogP contribution in [0, 0.1) is 5.92 Å². The molecule has 1 fully saturated rings. The first-order chi connectivity index (χ1) is 10.3. The lowest BCUT2D eigenvalue weighted by atomic mass is 9.89. The summed E-state index contributed by atoms with van der Waals surface area (Å²) in [6, 6.07) is 9.06. The largest absolute Gasteiger partial charge is 0.494 e. The van der Waals surface area contributed by atoms with Crippen LogP contribution in [0.3, 0.4) is 0 Å². The Hall–Kier alpha value is -1.06. The second-order valence-corrected chi connectivity index (χ2v) is 5.98. The van der Waals surface area contributed by atoms with Crippen LogP contribution in [0.2, 0.25) is 0 Å². The minimum Gasteiger partial charge on any atom is -0.494 e. The monoisotopic (exact) mass is 290 g/mol. The molecule has 2 unspecified atom stereocenters. The molecule has 1 aliphatic rings. The Morgan fingerprint density at radius 2 is 2.14 bits per heavy atom. The van der Waals surface area contributed by atoms with Crippen LogP contribution in [0.5, 0.6) is 5.75 Å². The molecule has 0 saturated carbocycles. The van der Waals surface area contributed by atoms with Gasteiger partial charge in [-0.25, -0.2) is 0 Å². The van der Waals surface area contributed by atoms with Crippen LogP contribution in [0.25, 0.3) is 0 Å². The lowest BCUT2D eigenvalue weighted by Crippen LogP contribution is -2.36. The van der Waals surface area contributed by atoms with Crippen LogP contribution < -0.4 is 10.5 Å². The summed E-state index contributed by atoms with van der Waals surface area (Å²) in [6.45, 7) is 8.12. The molecule has 1 saturated heterocycles. The van der Waals surface area contributed by atoms with Gasteiger partial charge in [-0.15, -0.1) is 0 Å². The van der Waals surface area contributed by atoms with E-state index in [0.29, 0.717) is 18.6 Å². The summed E-state index contributed by atoms with van der Waals surface area (Å²) in [6.07, 6.45) is 5.01. The van der Waals surface area contributed by atoms with E-state index in [4.69, 9.17) is 10.5 Å². The number of likely N-dealkylation sites (tertiary alicyclic amines) is 1. The van der Waals surface area contributed by atoms with E-state index < -0.39 is 0 Å². The number of rotatable bonds is 6. The quantitative estimate of drug-likeness (QED) is 0.870. The zero-order valence-corrected chi connectivity index (χ0v) is 13.6. The highest BCUT2D eigenvalue weighted by molar-refractivity contribution is 5.31. The van der Waals surface area contributed by atoms with Gasteiger partial charge in [-0.2, -0.15) is 0 Å². The number of nitrogens with zero attached hydrogens (tertiary/aromatic N) is 1. The predicted molar refractivity (Wildman–Crippen MR) is 88.6 cm³/mol. The number of ether oxygens (including phenoxy) is 1. The van der Waals surface area contributed by atoms with Crippen LogP contribution in [0.15, 0.2) is 24.3 Å². The molecular formula is C18H30N2O. The predicted octanol–water partition coefficient (Wildman–Crippen LogP) is 3.60. The van der Waals surface area contributed by atoms with Crippen molar-refractivity contribution in [2.75, 3.05) is 26.2 Å². The molecule has 1 aliphatic heterocycles. The van der Waals surface area contributed by atoms with Crippen LogP contribution >= 0.6 is 0 Å². The fourth-order valence-electron chi connectivity index (χ4n) is 3.54. The van der Waals surface area contributed by atoms with E-state index in [9.17, 15) is 0 Å². The van der Waals surface area contributed by atoms with Gasteiger partial charge in [-0.3, -0.25) is 4.90 Å². The zero-order chi connectivity index (χ0) is 15.1. The topological polar surface area (TPSA) is 38.5 Å². The molecule has 0 aromatic heterocycles. The first kappa shape index (κ1) is 16.3. The van der Waals surface area contributed by atoms with Gasteiger partial charge in [0.15, 0.2) is 0 Å². The first-order valence-corrected chi connectivity index (χ1v) is 8.47. The molecule has 118 valence electrons. The number of hydrogen-bond donors (Lipinski definition) is 1. The molecule has 1 aromatic rings. The highest BCUT2D eigenvalue weighted by atomic mass is 16.5. The maximum Gasteiger partial charge on any atom is 0.119 e. The van der Waals surface area contributed by atoms with Gasteiger partial charge in [0, 0.05) is 6.04 Å². The maximum atomic E-state index is 6.10. The van der Waals surface area contributed by atoms with Crippen molar-refractivity contribution >= 4 is 0 Å². The van der Waals surface area contributed by atoms with E-state index >= 15 is 0 Å². The van der Waals surface area contributed by atoms with E-state index in [1.807, 2.05) is 13.0 Å². The summed E-state index contributed by atoms with van der Waals surface area (Å²) < 4.78 is 5.68. The van der Waals surface area contributed by atoms with E-state index in [2.05, 4.69) is 30.0 Å². The molecule has 1 heterocycles. The minimum atomic E-state index is 0.442. The SMILES string of the molecule is CCCN1CCCCC(CN)C1c1cccc(OCC)c1. The van der Waals surface area contributed by atoms with Gasteiger partial charge in [0.2, 0.25) is 0 Å². The normalized spacial score (nSPS) is 23.8. The van der Waals surface area contributed by atoms with Crippen LogP contribution in [-0.2, 0) is 0 Å². The average Bonchev–Trinajstić information content (AvgIpc) is 2.70. The van der Waals surface area contributed by atoms with Crippen molar-refractivity contribution in [2.45, 2.75) is 45.6 Å². The Bertz CT molecular complexity index is 421. The Balaban J connectivity index is 2.29. The summed E-state index contributed by atoms with van der Waals surface area (Å²) in [5, 5.41) is 0. The molecule has 0 amide bonds. The van der Waals surface area contributed by atoms with Crippen molar-refractivity contribution in [2.24, 2.45) is 11.7 Å². The van der Waals surface area contributed by atoms with E-state index in [1.165, 1.54) is 37.8 Å². The summed E-state index contributed by atoms with van der Waals surface area (Å²) in [5.74, 6) is 1.53. The Kier molecular flexibility index (Phi) is 6.52. The van der Waals surface area contributed by atoms with E-state index in [0.717, 1.165) is 18.8 Å². The van der Waals surface area contributed by atoms with Crippen LogP contribution in [0.1, 0.15) is 51.1 Å². The van der Waals surface area contributed by atoms with Crippen LogP contribution in [0.4, 0.5) is 0 Å². The smallest absolute Gasteiger partial charge is 0.119 e. The Morgan fingerprint density at radius 3 is 2.86 bits per heavy atom. The molecular weight excluding hydrogens is 260 g/mol. The van der Waals surface area contributed by atoms with Gasteiger partial charge in [-0.05, 0) is 69.4 Å². The van der Waals surface area contributed by atoms with Gasteiger partial charge in [-0.1, -0.05) is 25.5 Å². The highest BCUT2D eigenvalue weighted by Gasteiger charge is 2.29. The fourth-order valence-corrected chi connectivity index (χ4v) is 3.54. The molecule has 2 rings (SSSR count). The van der Waals surface area contributed by atoms with Crippen LogP contribution in [-0.4, -0.2) is 31.1 Å². The van der Waals surface area contributed by atoms with Gasteiger partial charge >= 0.3 is 0 Å². The lowest BCUT2D eigenvalue weighted by Gasteiger charge is -2.35. The van der Waals surface area contributed by atoms with Gasteiger partial charge in [0.05, 0.1) is 6.61 Å². The zero-order valence-electron chi connectivity index (χ0n) is 13.6. The Labute approximate surface area is 129 Å². The molecule has 0 bridgehead atoms. The molecule has 0 spiro atoms. The standard InChI is InChI=1S/C18H30N2O/c1-3-11-20-12-6-5-8-16(14-19)18(20)15-9-7-10-17(13-15)21-4-2/h7,9-10,13,16,18H,3-6,8,11-12,14,19H2,1-2H3. The molecule has 0 aliphatic carbocycles. The van der Waals surface area contributed by atoms with E-state index in [1.54, 1.807) is 0 Å². The number of hydrogen-bond acceptors (Lipinski definition) is 3. The van der Waals surface area contributed by atoms with Crippen molar-refractivity contribution < 1.29 is 4.74 Å². The van der Waals surface area contributed by atoms with Crippen molar-refractivity contribution in [3.05, 3.63) is 29.8 Å². The highest BCUT2D eigenvalue weighted by Crippen LogP contribution is 2.35. The van der Waals surface area contributed by atoms with Crippen molar-refractivity contribution in [1.82, 2.24) is 4.90 Å². The number of nitrogens with two attached hydrogens (primary N) is 1. The molecule has 3 heteroatoms. The second-order valence-electron chi connectivity index (χ2n) is 5.98. The third-order valence-electron chi connectivity index (χ3n) is 4.43. The average molecular weight is 290 g/mol. The van der Waals surface area contributed by atoms with E-state index in [-0.39, 0.29) is 0 Å². The fraction of sp³-hybridized carbons (Fsp3) is 0.667. The van der Waals surface area contributed by atoms with Gasteiger partial charge in [0.1, 0.15) is 5.75 Å². The summed E-state index contributed by atoms with van der Waals surface area (Å²) in [4.78, 5) is 2.63. The molecule has 3 nitrogen and oxygen atoms in total. The lowest BCUT2D eigenvalue weighted by molar-refractivity contribution is 0.158. The molecule has 0 radical (unpaired) electrons. The van der Waals surface area contributed by atoms with Gasteiger partial charge < -0.3 is 10.5 Å². The number of benzene rings is 1. The minimum absolute atomic E-state index is 0.442. The third kappa shape index (κ3) is 4.21. The van der Waals surface area contributed by atoms with Crippen molar-refractivity contribution in [3.63, 3.8) is 0 Å². The van der Waals surface area contributed by atoms with Crippen molar-refractivity contribution in [3.8, 4) is 5.75 Å².